The van der Waals surface area contributed by atoms with Gasteiger partial charge in [0.05, 0.1) is 16.7 Å². The summed E-state index contributed by atoms with van der Waals surface area (Å²) in [6.45, 7) is 1.05. The Morgan fingerprint density at radius 3 is 2.12 bits per heavy atom. The van der Waals surface area contributed by atoms with E-state index >= 15 is 0 Å². The second-order valence-electron chi connectivity index (χ2n) is 8.02. The van der Waals surface area contributed by atoms with E-state index in [2.05, 4.69) is 11.1 Å². The second-order valence-corrected chi connectivity index (χ2v) is 8.82. The van der Waals surface area contributed by atoms with Gasteiger partial charge in [-0.15, -0.1) is 11.8 Å². The molecule has 4 rings (SSSR count). The van der Waals surface area contributed by atoms with Crippen molar-refractivity contribution in [2.45, 2.75) is 30.0 Å². The van der Waals surface area contributed by atoms with Crippen LogP contribution in [0.15, 0.2) is 35.4 Å². The van der Waals surface area contributed by atoms with Gasteiger partial charge in [0.1, 0.15) is 11.1 Å². The van der Waals surface area contributed by atoms with Crippen molar-refractivity contribution >= 4 is 23.6 Å². The molecule has 0 radical (unpaired) electrons. The molecule has 6 nitrogen and oxygen atoms in total. The van der Waals surface area contributed by atoms with Crippen LogP contribution >= 0.6 is 11.8 Å². The summed E-state index contributed by atoms with van der Waals surface area (Å²) in [7, 11) is 0. The molecule has 2 aliphatic rings. The predicted octanol–water partition coefficient (Wildman–Crippen LogP) is 4.17. The van der Waals surface area contributed by atoms with Crippen molar-refractivity contribution in [2.75, 3.05) is 32.4 Å². The summed E-state index contributed by atoms with van der Waals surface area (Å²) >= 11 is 1.33. The quantitative estimate of drug-likeness (QED) is 0.622. The van der Waals surface area contributed by atoms with Gasteiger partial charge in [-0.3, -0.25) is 9.59 Å². The Labute approximate surface area is 193 Å². The molecule has 2 amide bonds. The van der Waals surface area contributed by atoms with E-state index in [4.69, 9.17) is 0 Å². The van der Waals surface area contributed by atoms with E-state index in [1.807, 2.05) is 6.26 Å². The van der Waals surface area contributed by atoms with Crippen LogP contribution in [0.1, 0.15) is 56.3 Å². The van der Waals surface area contributed by atoms with Crippen molar-refractivity contribution in [3.05, 3.63) is 58.3 Å². The third kappa shape index (κ3) is 4.83. The Hall–Kier alpha value is -3.06. The van der Waals surface area contributed by atoms with Crippen LogP contribution in [0.5, 0.6) is 0 Å². The molecule has 1 aliphatic carbocycles. The molecule has 0 bridgehead atoms. The highest BCUT2D eigenvalue weighted by molar-refractivity contribution is 7.98. The highest BCUT2D eigenvalue weighted by Gasteiger charge is 2.33. The maximum atomic E-state index is 13.2. The predicted molar refractivity (Wildman–Crippen MR) is 116 cm³/mol. The number of hydrogen-bond acceptors (Lipinski definition) is 5. The summed E-state index contributed by atoms with van der Waals surface area (Å²) in [5.74, 6) is -0.320. The summed E-state index contributed by atoms with van der Waals surface area (Å²) in [6.07, 6.45) is -0.603. The first-order valence-electron chi connectivity index (χ1n) is 10.5. The third-order valence-corrected chi connectivity index (χ3v) is 6.53. The molecule has 2 heterocycles. The van der Waals surface area contributed by atoms with Crippen molar-refractivity contribution in [2.24, 2.45) is 0 Å². The topological polar surface area (TPSA) is 77.3 Å². The molecule has 0 atom stereocenters. The average Bonchev–Trinajstić information content (AvgIpc) is 3.67. The zero-order chi connectivity index (χ0) is 23.8. The lowest BCUT2D eigenvalue weighted by Gasteiger charge is -2.35. The van der Waals surface area contributed by atoms with Gasteiger partial charge in [0, 0.05) is 43.4 Å². The number of carbonyl (C=O) groups is 2. The second kappa shape index (κ2) is 9.06. The Bertz CT molecular complexity index is 1120. The average molecular weight is 475 g/mol. The standard InChI is InChI=1S/C23H21F3N4O2S/c1-33-20-18(13-27)17(12-19(28-20)14-2-3-14)22(32)30-10-8-29(9-11-30)21(31)15-4-6-16(7-5-15)23(24,25)26/h4-7,12,14H,2-3,8-11H2,1H3. The number of piperazine rings is 1. The lowest BCUT2D eigenvalue weighted by atomic mass is 10.1. The Morgan fingerprint density at radius 2 is 1.64 bits per heavy atom. The molecule has 1 saturated heterocycles. The van der Waals surface area contributed by atoms with Crippen LogP contribution in [0, 0.1) is 11.3 Å². The summed E-state index contributed by atoms with van der Waals surface area (Å²) in [4.78, 5) is 33.6. The number of nitrogens with zero attached hydrogens (tertiary/aromatic N) is 4. The molecule has 0 spiro atoms. The minimum Gasteiger partial charge on any atom is -0.335 e. The molecule has 0 N–H and O–H groups in total. The van der Waals surface area contributed by atoms with Crippen molar-refractivity contribution in [1.82, 2.24) is 14.8 Å². The highest BCUT2D eigenvalue weighted by Crippen LogP contribution is 2.40. The molecular formula is C23H21F3N4O2S. The number of halogens is 3. The van der Waals surface area contributed by atoms with E-state index in [0.717, 1.165) is 30.7 Å². The maximum Gasteiger partial charge on any atom is 0.416 e. The Kier molecular flexibility index (Phi) is 6.34. The number of carbonyl (C=O) groups excluding carboxylic acids is 2. The molecular weight excluding hydrogens is 453 g/mol. The van der Waals surface area contributed by atoms with Gasteiger partial charge < -0.3 is 9.80 Å². The van der Waals surface area contributed by atoms with E-state index in [0.29, 0.717) is 16.5 Å². The van der Waals surface area contributed by atoms with Crippen LogP contribution in [-0.2, 0) is 6.18 Å². The molecule has 0 unspecified atom stereocenters. The number of nitriles is 1. The fraction of sp³-hybridized carbons (Fsp3) is 0.391. The summed E-state index contributed by atoms with van der Waals surface area (Å²) < 4.78 is 38.3. The first kappa shape index (κ1) is 23.1. The normalized spacial score (nSPS) is 16.5. The monoisotopic (exact) mass is 474 g/mol. The van der Waals surface area contributed by atoms with Crippen LogP contribution in [0.3, 0.4) is 0 Å². The van der Waals surface area contributed by atoms with Crippen LogP contribution < -0.4 is 0 Å². The zero-order valence-electron chi connectivity index (χ0n) is 17.9. The number of alkyl halides is 3. The number of thioether (sulfide) groups is 1. The first-order valence-corrected chi connectivity index (χ1v) is 11.7. The molecule has 2 aromatic rings. The first-order chi connectivity index (χ1) is 15.7. The molecule has 1 aromatic carbocycles. The number of hydrogen-bond donors (Lipinski definition) is 0. The van der Waals surface area contributed by atoms with Gasteiger partial charge in [0.25, 0.3) is 11.8 Å². The van der Waals surface area contributed by atoms with E-state index in [-0.39, 0.29) is 49.1 Å². The maximum absolute atomic E-state index is 13.2. The molecule has 1 aliphatic heterocycles. The molecule has 172 valence electrons. The molecule has 33 heavy (non-hydrogen) atoms. The van der Waals surface area contributed by atoms with Gasteiger partial charge in [-0.1, -0.05) is 0 Å². The minimum atomic E-state index is -4.46. The summed E-state index contributed by atoms with van der Waals surface area (Å²) in [5.41, 5.74) is 0.789. The molecule has 1 saturated carbocycles. The number of rotatable bonds is 4. The lowest BCUT2D eigenvalue weighted by Crippen LogP contribution is -2.50. The lowest BCUT2D eigenvalue weighted by molar-refractivity contribution is -0.137. The summed E-state index contributed by atoms with van der Waals surface area (Å²) in [5, 5.41) is 10.2. The van der Waals surface area contributed by atoms with Gasteiger partial charge in [-0.05, 0) is 49.4 Å². The van der Waals surface area contributed by atoms with Crippen molar-refractivity contribution in [3.8, 4) is 6.07 Å². The van der Waals surface area contributed by atoms with Crippen LogP contribution in [0.4, 0.5) is 13.2 Å². The largest absolute Gasteiger partial charge is 0.416 e. The van der Waals surface area contributed by atoms with Gasteiger partial charge >= 0.3 is 6.18 Å². The molecule has 10 heteroatoms. The number of aromatic nitrogens is 1. The van der Waals surface area contributed by atoms with Crippen molar-refractivity contribution in [3.63, 3.8) is 0 Å². The van der Waals surface area contributed by atoms with E-state index in [9.17, 15) is 28.0 Å². The Balaban J connectivity index is 1.46. The molecule has 2 fully saturated rings. The van der Waals surface area contributed by atoms with Crippen LogP contribution in [-0.4, -0.2) is 59.0 Å². The third-order valence-electron chi connectivity index (χ3n) is 5.85. The van der Waals surface area contributed by atoms with Crippen molar-refractivity contribution in [1.29, 1.82) is 5.26 Å². The highest BCUT2D eigenvalue weighted by atomic mass is 32.2. The van der Waals surface area contributed by atoms with Crippen LogP contribution in [0.2, 0.25) is 0 Å². The van der Waals surface area contributed by atoms with Gasteiger partial charge in [-0.25, -0.2) is 4.98 Å². The summed E-state index contributed by atoms with van der Waals surface area (Å²) in [6, 6.07) is 7.95. The number of pyridine rings is 1. The van der Waals surface area contributed by atoms with Crippen molar-refractivity contribution < 1.29 is 22.8 Å². The molecule has 1 aromatic heterocycles. The fourth-order valence-electron chi connectivity index (χ4n) is 3.82. The van der Waals surface area contributed by atoms with E-state index < -0.39 is 11.7 Å². The van der Waals surface area contributed by atoms with E-state index in [1.54, 1.807) is 11.0 Å². The Morgan fingerprint density at radius 1 is 1.06 bits per heavy atom. The minimum absolute atomic E-state index is 0.169. The smallest absolute Gasteiger partial charge is 0.335 e. The van der Waals surface area contributed by atoms with Gasteiger partial charge in [-0.2, -0.15) is 18.4 Å². The number of benzene rings is 1. The SMILES string of the molecule is CSc1nc(C2CC2)cc(C(=O)N2CCN(C(=O)c3ccc(C(F)(F)F)cc3)CC2)c1C#N. The van der Waals surface area contributed by atoms with E-state index in [1.165, 1.54) is 28.8 Å². The zero-order valence-corrected chi connectivity index (χ0v) is 18.7. The fourth-order valence-corrected chi connectivity index (χ4v) is 4.38. The van der Waals surface area contributed by atoms with Gasteiger partial charge in [0.15, 0.2) is 0 Å². The van der Waals surface area contributed by atoms with Gasteiger partial charge in [0.2, 0.25) is 0 Å². The number of amides is 2. The van der Waals surface area contributed by atoms with Crippen LogP contribution in [0.25, 0.3) is 0 Å².